The lowest BCUT2D eigenvalue weighted by atomic mass is 9.74. The molecular weight excluding hydrogens is 516 g/mol. The summed E-state index contributed by atoms with van der Waals surface area (Å²) in [6.45, 7) is 5.86. The monoisotopic (exact) mass is 540 g/mol. The lowest BCUT2D eigenvalue weighted by Gasteiger charge is -2.43. The van der Waals surface area contributed by atoms with E-state index in [1.54, 1.807) is 6.07 Å². The molecule has 0 bridgehead atoms. The summed E-state index contributed by atoms with van der Waals surface area (Å²) in [7, 11) is 0. The van der Waals surface area contributed by atoms with Crippen molar-refractivity contribution in [2.45, 2.75) is 31.5 Å². The van der Waals surface area contributed by atoms with Crippen LogP contribution in [0, 0.1) is 5.92 Å². The fraction of sp³-hybridized carbons (Fsp3) is 0.250. The topological polar surface area (TPSA) is 55.8 Å². The van der Waals surface area contributed by atoms with Gasteiger partial charge in [0.1, 0.15) is 5.75 Å². The van der Waals surface area contributed by atoms with Crippen molar-refractivity contribution in [3.63, 3.8) is 0 Å². The minimum atomic E-state index is -1.03. The van der Waals surface area contributed by atoms with Gasteiger partial charge < -0.3 is 14.6 Å². The van der Waals surface area contributed by atoms with Gasteiger partial charge in [0.05, 0.1) is 12.2 Å². The van der Waals surface area contributed by atoms with Crippen LogP contribution in [-0.4, -0.2) is 17.7 Å². The minimum Gasteiger partial charge on any atom is -0.482 e. The summed E-state index contributed by atoms with van der Waals surface area (Å²) in [6.07, 6.45) is 0.183. The first-order chi connectivity index (χ1) is 16.3. The maximum absolute atomic E-state index is 11.2. The zero-order chi connectivity index (χ0) is 24.2. The van der Waals surface area contributed by atoms with Crippen molar-refractivity contribution < 1.29 is 19.4 Å². The van der Waals surface area contributed by atoms with Crippen molar-refractivity contribution in [1.82, 2.24) is 0 Å². The third-order valence-electron chi connectivity index (χ3n) is 6.20. The van der Waals surface area contributed by atoms with Crippen molar-refractivity contribution >= 4 is 33.5 Å². The molecule has 3 aromatic carbocycles. The highest BCUT2D eigenvalue weighted by Crippen LogP contribution is 2.53. The summed E-state index contributed by atoms with van der Waals surface area (Å²) in [5.41, 5.74) is 3.98. The second-order valence-electron chi connectivity index (χ2n) is 8.60. The zero-order valence-corrected chi connectivity index (χ0v) is 21.1. The molecule has 176 valence electrons. The number of hydrogen-bond acceptors (Lipinski definition) is 3. The van der Waals surface area contributed by atoms with Crippen LogP contribution in [0.3, 0.4) is 0 Å². The van der Waals surface area contributed by atoms with Gasteiger partial charge in [0.2, 0.25) is 0 Å². The first-order valence-corrected chi connectivity index (χ1v) is 12.3. The number of carboxylic acid groups (broad SMARTS) is 1. The number of benzene rings is 3. The minimum absolute atomic E-state index is 0.00196. The molecule has 3 aromatic rings. The van der Waals surface area contributed by atoms with Crippen LogP contribution < -0.4 is 4.74 Å². The fourth-order valence-corrected chi connectivity index (χ4v) is 5.21. The molecule has 1 heterocycles. The molecule has 0 amide bonds. The maximum atomic E-state index is 11.2. The lowest BCUT2D eigenvalue weighted by molar-refractivity contribution is -0.139. The molecule has 0 spiro atoms. The highest BCUT2D eigenvalue weighted by Gasteiger charge is 2.41. The van der Waals surface area contributed by atoms with Gasteiger partial charge in [0.25, 0.3) is 0 Å². The predicted molar refractivity (Wildman–Crippen MR) is 137 cm³/mol. The van der Waals surface area contributed by atoms with Crippen LogP contribution in [0.15, 0.2) is 89.4 Å². The van der Waals surface area contributed by atoms with Gasteiger partial charge in [-0.15, -0.1) is 0 Å². The van der Waals surface area contributed by atoms with E-state index in [-0.39, 0.29) is 24.0 Å². The molecule has 0 aromatic heterocycles. The van der Waals surface area contributed by atoms with Crippen molar-refractivity contribution in [1.29, 1.82) is 0 Å². The van der Waals surface area contributed by atoms with Crippen LogP contribution in [0.2, 0.25) is 5.02 Å². The molecule has 1 fully saturated rings. The Bertz CT molecular complexity index is 1180. The molecule has 6 heteroatoms. The molecule has 34 heavy (non-hydrogen) atoms. The quantitative estimate of drug-likeness (QED) is 0.311. The van der Waals surface area contributed by atoms with E-state index in [1.165, 1.54) is 5.56 Å². The van der Waals surface area contributed by atoms with Gasteiger partial charge in [-0.05, 0) is 54.8 Å². The van der Waals surface area contributed by atoms with Crippen LogP contribution in [0.5, 0.6) is 5.75 Å². The summed E-state index contributed by atoms with van der Waals surface area (Å²) in [4.78, 5) is 11.2. The SMILES string of the molecule is C=C(C)[C@H]1C[C@@H](c2ccccc2)[C@H](c2cccc(Cl)c2)O[C@@H]1c1cc(Br)ccc1OCC(=O)O. The van der Waals surface area contributed by atoms with Crippen molar-refractivity contribution in [2.75, 3.05) is 6.61 Å². The van der Waals surface area contributed by atoms with Crippen LogP contribution in [-0.2, 0) is 9.53 Å². The van der Waals surface area contributed by atoms with Gasteiger partial charge in [0.15, 0.2) is 6.61 Å². The van der Waals surface area contributed by atoms with Crippen molar-refractivity contribution in [3.05, 3.63) is 111 Å². The first-order valence-electron chi connectivity index (χ1n) is 11.1. The molecular formula is C28H26BrClO4. The van der Waals surface area contributed by atoms with E-state index < -0.39 is 12.6 Å². The fourth-order valence-electron chi connectivity index (χ4n) is 4.64. The summed E-state index contributed by atoms with van der Waals surface area (Å²) < 4.78 is 13.4. The van der Waals surface area contributed by atoms with Crippen LogP contribution in [0.25, 0.3) is 0 Å². The van der Waals surface area contributed by atoms with Gasteiger partial charge >= 0.3 is 5.97 Å². The Balaban J connectivity index is 1.80. The normalized spacial score (nSPS) is 22.2. The van der Waals surface area contributed by atoms with E-state index in [0.29, 0.717) is 10.8 Å². The van der Waals surface area contributed by atoms with E-state index >= 15 is 0 Å². The van der Waals surface area contributed by atoms with Crippen molar-refractivity contribution in [3.8, 4) is 5.75 Å². The van der Waals surface area contributed by atoms with Crippen molar-refractivity contribution in [2.24, 2.45) is 5.92 Å². The Morgan fingerprint density at radius 2 is 1.82 bits per heavy atom. The Morgan fingerprint density at radius 3 is 2.50 bits per heavy atom. The van der Waals surface area contributed by atoms with E-state index in [9.17, 15) is 4.79 Å². The number of carboxylic acids is 1. The third-order valence-corrected chi connectivity index (χ3v) is 6.93. The second kappa shape index (κ2) is 10.8. The van der Waals surface area contributed by atoms with E-state index in [2.05, 4.69) is 34.6 Å². The summed E-state index contributed by atoms with van der Waals surface area (Å²) in [6, 6.07) is 23.7. The van der Waals surface area contributed by atoms with Gasteiger partial charge in [0, 0.05) is 26.9 Å². The van der Waals surface area contributed by atoms with Crippen LogP contribution in [0.4, 0.5) is 0 Å². The Morgan fingerprint density at radius 1 is 1.09 bits per heavy atom. The molecule has 0 unspecified atom stereocenters. The molecule has 0 radical (unpaired) electrons. The second-order valence-corrected chi connectivity index (χ2v) is 9.95. The Kier molecular flexibility index (Phi) is 7.77. The van der Waals surface area contributed by atoms with E-state index in [0.717, 1.165) is 27.6 Å². The number of rotatable bonds is 7. The summed E-state index contributed by atoms with van der Waals surface area (Å²) in [5.74, 6) is -0.448. The standard InChI is InChI=1S/C28H26BrClO4/c1-17(2)22-15-23(18-7-4-3-5-8-18)27(19-9-6-10-21(30)13-19)34-28(22)24-14-20(29)11-12-25(24)33-16-26(31)32/h3-14,22-23,27-28H,1,15-16H2,2H3,(H,31,32)/t22-,23+,27+,28+/m1/s1. The Labute approximate surface area is 213 Å². The Hall–Kier alpha value is -2.60. The molecule has 4 nitrogen and oxygen atoms in total. The molecule has 1 saturated heterocycles. The third kappa shape index (κ3) is 5.54. The highest BCUT2D eigenvalue weighted by atomic mass is 79.9. The van der Waals surface area contributed by atoms with Gasteiger partial charge in [-0.2, -0.15) is 0 Å². The largest absolute Gasteiger partial charge is 0.482 e. The predicted octanol–water partition coefficient (Wildman–Crippen LogP) is 7.74. The van der Waals surface area contributed by atoms with E-state index in [4.69, 9.17) is 26.2 Å². The molecule has 4 rings (SSSR count). The number of halogens is 2. The van der Waals surface area contributed by atoms with E-state index in [1.807, 2.05) is 61.5 Å². The smallest absolute Gasteiger partial charge is 0.341 e. The number of carbonyl (C=O) groups is 1. The lowest BCUT2D eigenvalue weighted by Crippen LogP contribution is -2.32. The first kappa shape index (κ1) is 24.5. The number of hydrogen-bond donors (Lipinski definition) is 1. The molecule has 0 saturated carbocycles. The zero-order valence-electron chi connectivity index (χ0n) is 18.8. The average Bonchev–Trinajstić information content (AvgIpc) is 2.83. The average molecular weight is 542 g/mol. The molecule has 4 atom stereocenters. The molecule has 1 aliphatic rings. The molecule has 1 N–H and O–H groups in total. The summed E-state index contributed by atoms with van der Waals surface area (Å²) >= 11 is 9.91. The molecule has 1 aliphatic heterocycles. The summed E-state index contributed by atoms with van der Waals surface area (Å²) in [5, 5.41) is 9.81. The number of ether oxygens (including phenoxy) is 2. The van der Waals surface area contributed by atoms with Gasteiger partial charge in [-0.1, -0.05) is 82.1 Å². The highest BCUT2D eigenvalue weighted by molar-refractivity contribution is 9.10. The number of aliphatic carboxylic acids is 1. The molecule has 0 aliphatic carbocycles. The maximum Gasteiger partial charge on any atom is 0.341 e. The van der Waals surface area contributed by atoms with Gasteiger partial charge in [-0.25, -0.2) is 4.79 Å². The van der Waals surface area contributed by atoms with Crippen LogP contribution in [0.1, 0.15) is 48.2 Å². The van der Waals surface area contributed by atoms with Gasteiger partial charge in [-0.3, -0.25) is 0 Å². The van der Waals surface area contributed by atoms with Crippen LogP contribution >= 0.6 is 27.5 Å².